The Morgan fingerprint density at radius 2 is 1.95 bits per heavy atom. The fraction of sp³-hybridized carbons (Fsp3) is 0.308. The van der Waals surface area contributed by atoms with Crippen molar-refractivity contribution in [2.75, 3.05) is 0 Å². The molecule has 0 radical (unpaired) electrons. The van der Waals surface area contributed by atoms with E-state index < -0.39 is 5.97 Å². The Kier molecular flexibility index (Phi) is 5.20. The summed E-state index contributed by atoms with van der Waals surface area (Å²) in [5.74, 6) is 4.01. The Bertz CT molecular complexity index is 498. The van der Waals surface area contributed by atoms with Gasteiger partial charge in [0.1, 0.15) is 5.75 Å². The first kappa shape index (κ1) is 14.8. The average molecular weight is 265 g/mol. The van der Waals surface area contributed by atoms with E-state index in [1.165, 1.54) is 5.56 Å². The minimum atomic E-state index is -1.28. The van der Waals surface area contributed by atoms with Crippen molar-refractivity contribution in [3.05, 3.63) is 40.9 Å². The minimum Gasteiger partial charge on any atom is -0.476 e. The lowest BCUT2D eigenvalue weighted by molar-refractivity contribution is -0.133. The van der Waals surface area contributed by atoms with Crippen molar-refractivity contribution in [1.29, 1.82) is 0 Å². The molecule has 0 saturated heterocycles. The van der Waals surface area contributed by atoms with Crippen molar-refractivity contribution in [3.8, 4) is 5.75 Å². The molecule has 6 N–H and O–H groups in total. The fourth-order valence-corrected chi connectivity index (χ4v) is 1.76. The Balaban J connectivity index is 3.03. The fourth-order valence-electron chi connectivity index (χ4n) is 1.76. The molecule has 0 amide bonds. The van der Waals surface area contributed by atoms with Crippen molar-refractivity contribution >= 4 is 5.97 Å². The molecule has 1 rings (SSSR count). The highest BCUT2D eigenvalue weighted by Gasteiger charge is 2.13. The van der Waals surface area contributed by atoms with E-state index in [2.05, 4.69) is 6.92 Å². The molecular formula is C13H19N3O3. The molecule has 0 spiro atoms. The molecular weight excluding hydrogens is 246 g/mol. The summed E-state index contributed by atoms with van der Waals surface area (Å²) in [5, 5.41) is 8.84. The van der Waals surface area contributed by atoms with Gasteiger partial charge < -0.3 is 21.0 Å². The molecule has 19 heavy (non-hydrogen) atoms. The summed E-state index contributed by atoms with van der Waals surface area (Å²) in [6, 6.07) is 5.54. The molecule has 0 heterocycles. The Labute approximate surface area is 112 Å². The first-order chi connectivity index (χ1) is 9.03. The van der Waals surface area contributed by atoms with Gasteiger partial charge in [-0.2, -0.15) is 0 Å². The third-order valence-electron chi connectivity index (χ3n) is 2.77. The highest BCUT2D eigenvalue weighted by molar-refractivity contribution is 5.86. The zero-order chi connectivity index (χ0) is 14.4. The Morgan fingerprint density at radius 1 is 1.32 bits per heavy atom. The zero-order valence-corrected chi connectivity index (χ0v) is 11.1. The molecule has 0 aliphatic heterocycles. The van der Waals surface area contributed by atoms with Crippen LogP contribution in [0, 0.1) is 0 Å². The molecule has 0 atom stereocenters. The van der Waals surface area contributed by atoms with E-state index in [-0.39, 0.29) is 11.6 Å². The van der Waals surface area contributed by atoms with Gasteiger partial charge in [-0.1, -0.05) is 19.9 Å². The topological polar surface area (TPSA) is 111 Å². The molecule has 0 aliphatic carbocycles. The highest BCUT2D eigenvalue weighted by Crippen LogP contribution is 2.20. The molecule has 1 aromatic rings. The predicted molar refractivity (Wildman–Crippen MR) is 72.0 cm³/mol. The molecule has 6 heteroatoms. The predicted octanol–water partition coefficient (Wildman–Crippen LogP) is 0.866. The van der Waals surface area contributed by atoms with Gasteiger partial charge in [0.05, 0.1) is 0 Å². The van der Waals surface area contributed by atoms with Gasteiger partial charge in [-0.3, -0.25) is 5.84 Å². The molecule has 0 saturated carbocycles. The van der Waals surface area contributed by atoms with Gasteiger partial charge in [-0.15, -0.1) is 0 Å². The summed E-state index contributed by atoms with van der Waals surface area (Å²) in [5.41, 5.74) is 9.56. The quantitative estimate of drug-likeness (QED) is 0.263. The average Bonchev–Trinajstić information content (AvgIpc) is 2.38. The molecule has 6 nitrogen and oxygen atoms in total. The van der Waals surface area contributed by atoms with Gasteiger partial charge in [0.15, 0.2) is 5.70 Å². The van der Waals surface area contributed by atoms with Crippen molar-refractivity contribution < 1.29 is 14.6 Å². The van der Waals surface area contributed by atoms with Crippen LogP contribution in [0.2, 0.25) is 0 Å². The summed E-state index contributed by atoms with van der Waals surface area (Å²) >= 11 is 0. The van der Waals surface area contributed by atoms with Crippen molar-refractivity contribution in [1.82, 2.24) is 5.43 Å². The number of hydrazine groups is 1. The van der Waals surface area contributed by atoms with E-state index in [1.54, 1.807) is 6.07 Å². The molecule has 0 aliphatic rings. The van der Waals surface area contributed by atoms with Crippen molar-refractivity contribution in [2.24, 2.45) is 11.6 Å². The summed E-state index contributed by atoms with van der Waals surface area (Å²) < 4.78 is 5.30. The first-order valence-corrected chi connectivity index (χ1v) is 6.02. The molecule has 0 aromatic heterocycles. The molecule has 0 unspecified atom stereocenters. The number of aryl methyl sites for hydroxylation is 2. The van der Waals surface area contributed by atoms with Crippen LogP contribution >= 0.6 is 0 Å². The number of nitrogens with two attached hydrogens (primary N) is 2. The lowest BCUT2D eigenvalue weighted by Crippen LogP contribution is -2.31. The standard InChI is InChI=1S/C13H19N3O3/c1-3-8-5-6-10(7-9(8)4-2)19-12(14)11(16-15)13(17)18/h5-7,16H,3-4,14-15H2,1-2H3,(H,17,18)/b12-11+. The maximum atomic E-state index is 10.8. The van der Waals surface area contributed by atoms with E-state index >= 15 is 0 Å². The normalized spacial score (nSPS) is 11.7. The number of carbonyl (C=O) groups is 1. The van der Waals surface area contributed by atoms with E-state index in [1.807, 2.05) is 24.5 Å². The first-order valence-electron chi connectivity index (χ1n) is 6.02. The Morgan fingerprint density at radius 3 is 2.42 bits per heavy atom. The Hall–Kier alpha value is -2.21. The summed E-state index contributed by atoms with van der Waals surface area (Å²) in [4.78, 5) is 10.8. The number of nitrogens with one attached hydrogen (secondary N) is 1. The van der Waals surface area contributed by atoms with Gasteiger partial charge in [-0.25, -0.2) is 4.79 Å². The summed E-state index contributed by atoms with van der Waals surface area (Å²) in [6.07, 6.45) is 1.80. The second-order valence-electron chi connectivity index (χ2n) is 3.93. The molecule has 0 bridgehead atoms. The molecule has 1 aromatic carbocycles. The van der Waals surface area contributed by atoms with E-state index in [9.17, 15) is 4.79 Å². The third kappa shape index (κ3) is 3.62. The number of rotatable bonds is 6. The number of hydrogen-bond acceptors (Lipinski definition) is 5. The van der Waals surface area contributed by atoms with E-state index in [0.29, 0.717) is 5.75 Å². The maximum absolute atomic E-state index is 10.8. The van der Waals surface area contributed by atoms with Crippen LogP contribution in [0.1, 0.15) is 25.0 Å². The van der Waals surface area contributed by atoms with Crippen LogP contribution in [0.25, 0.3) is 0 Å². The number of ether oxygens (including phenoxy) is 1. The van der Waals surface area contributed by atoms with Gasteiger partial charge in [0, 0.05) is 0 Å². The molecule has 0 fully saturated rings. The second-order valence-corrected chi connectivity index (χ2v) is 3.93. The van der Waals surface area contributed by atoms with Crippen LogP contribution in [0.4, 0.5) is 0 Å². The zero-order valence-electron chi connectivity index (χ0n) is 11.1. The van der Waals surface area contributed by atoms with Crippen LogP contribution < -0.4 is 21.7 Å². The van der Waals surface area contributed by atoms with Gasteiger partial charge >= 0.3 is 5.97 Å². The van der Waals surface area contributed by atoms with Crippen LogP contribution in [-0.4, -0.2) is 11.1 Å². The van der Waals surface area contributed by atoms with E-state index in [0.717, 1.165) is 18.4 Å². The van der Waals surface area contributed by atoms with Crippen molar-refractivity contribution in [3.63, 3.8) is 0 Å². The number of carboxylic acid groups (broad SMARTS) is 1. The number of carboxylic acids is 1. The number of hydrogen-bond donors (Lipinski definition) is 4. The summed E-state index contributed by atoms with van der Waals surface area (Å²) in [6.45, 7) is 4.12. The van der Waals surface area contributed by atoms with Gasteiger partial charge in [0.2, 0.25) is 5.88 Å². The maximum Gasteiger partial charge on any atom is 0.358 e. The third-order valence-corrected chi connectivity index (χ3v) is 2.77. The van der Waals surface area contributed by atoms with Gasteiger partial charge in [0.25, 0.3) is 0 Å². The highest BCUT2D eigenvalue weighted by atomic mass is 16.5. The van der Waals surface area contributed by atoms with Crippen LogP contribution in [0.3, 0.4) is 0 Å². The van der Waals surface area contributed by atoms with Gasteiger partial charge in [-0.05, 0) is 36.1 Å². The lowest BCUT2D eigenvalue weighted by Gasteiger charge is -2.12. The van der Waals surface area contributed by atoms with Crippen molar-refractivity contribution in [2.45, 2.75) is 26.7 Å². The van der Waals surface area contributed by atoms with Crippen LogP contribution in [-0.2, 0) is 17.6 Å². The van der Waals surface area contributed by atoms with Crippen LogP contribution in [0.15, 0.2) is 29.8 Å². The smallest absolute Gasteiger partial charge is 0.358 e. The number of benzene rings is 1. The largest absolute Gasteiger partial charge is 0.476 e. The van der Waals surface area contributed by atoms with Crippen LogP contribution in [0.5, 0.6) is 5.75 Å². The summed E-state index contributed by atoms with van der Waals surface area (Å²) in [7, 11) is 0. The lowest BCUT2D eigenvalue weighted by atomic mass is 10.0. The second kappa shape index (κ2) is 6.65. The molecule has 104 valence electrons. The SMILES string of the molecule is CCc1ccc(O/C(N)=C(/NN)C(=O)O)cc1CC. The monoisotopic (exact) mass is 265 g/mol. The van der Waals surface area contributed by atoms with E-state index in [4.69, 9.17) is 21.4 Å². The number of aliphatic carboxylic acids is 1. The minimum absolute atomic E-state index is 0.277.